The first kappa shape index (κ1) is 13.1. The lowest BCUT2D eigenvalue weighted by molar-refractivity contribution is 0.102. The number of rotatable bonds is 1. The molecule has 1 aliphatic heterocycles. The minimum Gasteiger partial charge on any atom is -0.298 e. The Bertz CT molecular complexity index is 356. The number of nitrogens with zero attached hydrogens (tertiary/aromatic N) is 1. The van der Waals surface area contributed by atoms with Gasteiger partial charge in [-0.1, -0.05) is 28.1 Å². The van der Waals surface area contributed by atoms with Crippen LogP contribution in [0.3, 0.4) is 0 Å². The fourth-order valence-electron chi connectivity index (χ4n) is 2.62. The second-order valence-electron chi connectivity index (χ2n) is 5.98. The normalized spacial score (nSPS) is 19.5. The summed E-state index contributed by atoms with van der Waals surface area (Å²) in [4.78, 5) is 2.60. The van der Waals surface area contributed by atoms with Crippen LogP contribution in [0.5, 0.6) is 0 Å². The molecule has 0 aromatic heterocycles. The average Bonchev–Trinajstić information content (AvgIpc) is 2.29. The predicted molar refractivity (Wildman–Crippen MR) is 77.4 cm³/mol. The van der Waals surface area contributed by atoms with Crippen LogP contribution in [0.25, 0.3) is 0 Å². The molecule has 0 radical (unpaired) electrons. The number of halogens is 1. The van der Waals surface area contributed by atoms with E-state index in [0.29, 0.717) is 5.54 Å². The molecule has 0 N–H and O–H groups in total. The van der Waals surface area contributed by atoms with Crippen molar-refractivity contribution in [2.75, 3.05) is 13.1 Å². The summed E-state index contributed by atoms with van der Waals surface area (Å²) in [6.07, 6.45) is 2.58. The Morgan fingerprint density at radius 2 is 1.59 bits per heavy atom. The zero-order chi connectivity index (χ0) is 12.5. The van der Waals surface area contributed by atoms with Crippen LogP contribution in [-0.4, -0.2) is 23.5 Å². The second-order valence-corrected chi connectivity index (χ2v) is 6.90. The molecule has 0 bridgehead atoms. The van der Waals surface area contributed by atoms with Gasteiger partial charge >= 0.3 is 0 Å². The van der Waals surface area contributed by atoms with Gasteiger partial charge in [-0.15, -0.1) is 0 Å². The van der Waals surface area contributed by atoms with E-state index in [0.717, 1.165) is 5.92 Å². The number of piperidine rings is 1. The van der Waals surface area contributed by atoms with Crippen LogP contribution < -0.4 is 0 Å². The van der Waals surface area contributed by atoms with Crippen molar-refractivity contribution in [1.82, 2.24) is 4.90 Å². The van der Waals surface area contributed by atoms with E-state index in [4.69, 9.17) is 0 Å². The van der Waals surface area contributed by atoms with Crippen LogP contribution in [0.15, 0.2) is 28.7 Å². The quantitative estimate of drug-likeness (QED) is 0.741. The summed E-state index contributed by atoms with van der Waals surface area (Å²) in [6.45, 7) is 9.39. The van der Waals surface area contributed by atoms with Crippen LogP contribution in [0, 0.1) is 0 Å². The summed E-state index contributed by atoms with van der Waals surface area (Å²) in [6, 6.07) is 8.85. The third kappa shape index (κ3) is 3.32. The van der Waals surface area contributed by atoms with E-state index >= 15 is 0 Å². The predicted octanol–water partition coefficient (Wildman–Crippen LogP) is 4.43. The van der Waals surface area contributed by atoms with Gasteiger partial charge in [0.25, 0.3) is 0 Å². The smallest absolute Gasteiger partial charge is 0.0175 e. The first-order chi connectivity index (χ1) is 7.97. The standard InChI is InChI=1S/C15H22BrN/c1-15(2,3)17-10-8-13(9-11-17)12-4-6-14(16)7-5-12/h4-7,13H,8-11H2,1-3H3. The average molecular weight is 296 g/mol. The first-order valence-electron chi connectivity index (χ1n) is 6.47. The molecule has 0 unspecified atom stereocenters. The SMILES string of the molecule is CC(C)(C)N1CCC(c2ccc(Br)cc2)CC1. The summed E-state index contributed by atoms with van der Waals surface area (Å²) in [5, 5.41) is 0. The molecule has 2 heteroatoms. The van der Waals surface area contributed by atoms with Gasteiger partial charge in [-0.05, 0) is 70.3 Å². The van der Waals surface area contributed by atoms with Crippen molar-refractivity contribution >= 4 is 15.9 Å². The van der Waals surface area contributed by atoms with Gasteiger partial charge < -0.3 is 0 Å². The van der Waals surface area contributed by atoms with Crippen LogP contribution in [-0.2, 0) is 0 Å². The van der Waals surface area contributed by atoms with Gasteiger partial charge in [-0.25, -0.2) is 0 Å². The van der Waals surface area contributed by atoms with Crippen LogP contribution in [0.1, 0.15) is 45.1 Å². The largest absolute Gasteiger partial charge is 0.298 e. The highest BCUT2D eigenvalue weighted by molar-refractivity contribution is 9.10. The monoisotopic (exact) mass is 295 g/mol. The molecule has 17 heavy (non-hydrogen) atoms. The molecule has 2 rings (SSSR count). The van der Waals surface area contributed by atoms with E-state index in [2.05, 4.69) is 65.9 Å². The molecular weight excluding hydrogens is 274 g/mol. The van der Waals surface area contributed by atoms with Gasteiger partial charge in [-0.2, -0.15) is 0 Å². The van der Waals surface area contributed by atoms with Gasteiger partial charge in [0.15, 0.2) is 0 Å². The molecule has 1 nitrogen and oxygen atoms in total. The number of benzene rings is 1. The van der Waals surface area contributed by atoms with Crippen molar-refractivity contribution in [2.24, 2.45) is 0 Å². The highest BCUT2D eigenvalue weighted by atomic mass is 79.9. The minimum absolute atomic E-state index is 0.324. The summed E-state index contributed by atoms with van der Waals surface area (Å²) in [5.74, 6) is 0.752. The lowest BCUT2D eigenvalue weighted by atomic mass is 9.87. The minimum atomic E-state index is 0.324. The fourth-order valence-corrected chi connectivity index (χ4v) is 2.88. The molecule has 0 aliphatic carbocycles. The van der Waals surface area contributed by atoms with Gasteiger partial charge in [0, 0.05) is 10.0 Å². The Kier molecular flexibility index (Phi) is 3.94. The second kappa shape index (κ2) is 5.11. The summed E-state index contributed by atoms with van der Waals surface area (Å²) in [5.41, 5.74) is 1.83. The van der Waals surface area contributed by atoms with Gasteiger partial charge in [0.05, 0.1) is 0 Å². The van der Waals surface area contributed by atoms with Crippen molar-refractivity contribution in [1.29, 1.82) is 0 Å². The highest BCUT2D eigenvalue weighted by Gasteiger charge is 2.27. The number of likely N-dealkylation sites (tertiary alicyclic amines) is 1. The molecule has 1 fully saturated rings. The maximum Gasteiger partial charge on any atom is 0.0175 e. The van der Waals surface area contributed by atoms with E-state index in [1.165, 1.54) is 36.0 Å². The molecular formula is C15H22BrN. The van der Waals surface area contributed by atoms with Crippen molar-refractivity contribution in [3.63, 3.8) is 0 Å². The van der Waals surface area contributed by atoms with E-state index in [-0.39, 0.29) is 0 Å². The maximum absolute atomic E-state index is 3.50. The van der Waals surface area contributed by atoms with Crippen molar-refractivity contribution in [3.8, 4) is 0 Å². The highest BCUT2D eigenvalue weighted by Crippen LogP contribution is 2.31. The molecule has 94 valence electrons. The number of hydrogen-bond acceptors (Lipinski definition) is 1. The van der Waals surface area contributed by atoms with E-state index in [1.807, 2.05) is 0 Å². The molecule has 1 aromatic rings. The molecule has 0 spiro atoms. The van der Waals surface area contributed by atoms with E-state index in [1.54, 1.807) is 0 Å². The van der Waals surface area contributed by atoms with E-state index < -0.39 is 0 Å². The van der Waals surface area contributed by atoms with Crippen molar-refractivity contribution in [3.05, 3.63) is 34.3 Å². The Balaban J connectivity index is 1.97. The molecule has 0 amide bonds. The summed E-state index contributed by atoms with van der Waals surface area (Å²) < 4.78 is 1.17. The Hall–Kier alpha value is -0.340. The van der Waals surface area contributed by atoms with Crippen molar-refractivity contribution < 1.29 is 0 Å². The van der Waals surface area contributed by atoms with Crippen LogP contribution >= 0.6 is 15.9 Å². The molecule has 1 aromatic carbocycles. The molecule has 0 saturated carbocycles. The molecule has 1 aliphatic rings. The van der Waals surface area contributed by atoms with Crippen LogP contribution in [0.4, 0.5) is 0 Å². The maximum atomic E-state index is 3.50. The lowest BCUT2D eigenvalue weighted by Crippen LogP contribution is -2.45. The molecule has 1 heterocycles. The Labute approximate surface area is 113 Å². The Morgan fingerprint density at radius 1 is 1.06 bits per heavy atom. The van der Waals surface area contributed by atoms with Gasteiger partial charge in [0.2, 0.25) is 0 Å². The van der Waals surface area contributed by atoms with Crippen LogP contribution in [0.2, 0.25) is 0 Å². The lowest BCUT2D eigenvalue weighted by Gasteiger charge is -2.41. The zero-order valence-electron chi connectivity index (χ0n) is 11.0. The van der Waals surface area contributed by atoms with Crippen molar-refractivity contribution in [2.45, 2.75) is 45.1 Å². The zero-order valence-corrected chi connectivity index (χ0v) is 12.6. The third-order valence-electron chi connectivity index (χ3n) is 3.79. The van der Waals surface area contributed by atoms with Gasteiger partial charge in [0.1, 0.15) is 0 Å². The third-order valence-corrected chi connectivity index (χ3v) is 4.31. The number of hydrogen-bond donors (Lipinski definition) is 0. The molecule has 0 atom stereocenters. The summed E-state index contributed by atoms with van der Waals surface area (Å²) in [7, 11) is 0. The topological polar surface area (TPSA) is 3.24 Å². The van der Waals surface area contributed by atoms with Gasteiger partial charge in [-0.3, -0.25) is 4.90 Å². The fraction of sp³-hybridized carbons (Fsp3) is 0.600. The molecule has 1 saturated heterocycles. The Morgan fingerprint density at radius 3 is 2.06 bits per heavy atom. The summed E-state index contributed by atoms with van der Waals surface area (Å²) >= 11 is 3.50. The first-order valence-corrected chi connectivity index (χ1v) is 7.26. The van der Waals surface area contributed by atoms with E-state index in [9.17, 15) is 0 Å².